The normalized spacial score (nSPS) is 14.9. The van der Waals surface area contributed by atoms with Gasteiger partial charge in [0.2, 0.25) is 5.91 Å². The van der Waals surface area contributed by atoms with Crippen LogP contribution in [0.5, 0.6) is 0 Å². The van der Waals surface area contributed by atoms with Crippen LogP contribution in [0.3, 0.4) is 0 Å². The van der Waals surface area contributed by atoms with Gasteiger partial charge >= 0.3 is 5.97 Å². The molecule has 1 heterocycles. The maximum Gasteiger partial charge on any atom is 0.328 e. The molecule has 2 N–H and O–H groups in total. The van der Waals surface area contributed by atoms with E-state index in [1.807, 2.05) is 0 Å². The van der Waals surface area contributed by atoms with Crippen LogP contribution in [-0.2, 0) is 14.4 Å². The van der Waals surface area contributed by atoms with Gasteiger partial charge in [-0.05, 0) is 18.2 Å². The zero-order chi connectivity index (χ0) is 15.7. The Morgan fingerprint density at radius 1 is 1.38 bits per heavy atom. The summed E-state index contributed by atoms with van der Waals surface area (Å²) in [6.07, 6.45) is 0. The lowest BCUT2D eigenvalue weighted by Crippen LogP contribution is -2.49. The highest BCUT2D eigenvalue weighted by Gasteiger charge is 2.38. The van der Waals surface area contributed by atoms with Crippen molar-refractivity contribution in [1.29, 1.82) is 0 Å². The number of benzene rings is 1. The lowest BCUT2D eigenvalue weighted by Gasteiger charge is -2.21. The van der Waals surface area contributed by atoms with E-state index in [0.717, 1.165) is 4.90 Å². The topological polar surface area (TPSA) is 104 Å². The van der Waals surface area contributed by atoms with Crippen molar-refractivity contribution in [3.05, 3.63) is 28.2 Å². The van der Waals surface area contributed by atoms with Crippen LogP contribution in [-0.4, -0.2) is 41.3 Å². The fourth-order valence-electron chi connectivity index (χ4n) is 2.06. The second-order valence-corrected chi connectivity index (χ2v) is 5.41. The molecule has 0 aromatic heterocycles. The second-order valence-electron chi connectivity index (χ2n) is 4.50. The van der Waals surface area contributed by atoms with Crippen molar-refractivity contribution < 1.29 is 24.3 Å². The van der Waals surface area contributed by atoms with Crippen molar-refractivity contribution in [2.45, 2.75) is 13.0 Å². The lowest BCUT2D eigenvalue weighted by atomic mass is 10.1. The highest BCUT2D eigenvalue weighted by atomic mass is 79.9. The molecule has 0 saturated carbocycles. The van der Waals surface area contributed by atoms with Gasteiger partial charge in [0, 0.05) is 11.4 Å². The smallest absolute Gasteiger partial charge is 0.328 e. The molecule has 110 valence electrons. The minimum atomic E-state index is -1.29. The zero-order valence-corrected chi connectivity index (χ0v) is 12.5. The van der Waals surface area contributed by atoms with Crippen LogP contribution in [0.15, 0.2) is 22.7 Å². The molecular weight excluding hydrogens is 344 g/mol. The Hall–Kier alpha value is -2.22. The zero-order valence-electron chi connectivity index (χ0n) is 10.9. The van der Waals surface area contributed by atoms with Crippen LogP contribution in [0.1, 0.15) is 17.3 Å². The third-order valence-electron chi connectivity index (χ3n) is 2.98. The number of Topliss-reactive ketones (excluding diaryl/α,β-unsaturated/α-hetero) is 1. The lowest BCUT2D eigenvalue weighted by molar-refractivity contribution is -0.141. The monoisotopic (exact) mass is 354 g/mol. The Morgan fingerprint density at radius 3 is 2.62 bits per heavy atom. The van der Waals surface area contributed by atoms with Gasteiger partial charge in [-0.15, -0.1) is 0 Å². The first-order valence-corrected chi connectivity index (χ1v) is 6.76. The molecule has 2 amide bonds. The molecule has 2 rings (SSSR count). The van der Waals surface area contributed by atoms with Crippen LogP contribution in [0.4, 0.5) is 5.69 Å². The quantitative estimate of drug-likeness (QED) is 0.769. The molecule has 1 aliphatic rings. The number of hydrogen-bond donors (Lipinski definition) is 2. The minimum Gasteiger partial charge on any atom is -0.480 e. The third-order valence-corrected chi connectivity index (χ3v) is 3.47. The number of halogens is 1. The van der Waals surface area contributed by atoms with Crippen LogP contribution in [0.25, 0.3) is 0 Å². The third kappa shape index (κ3) is 2.94. The number of hydrogen-bond acceptors (Lipinski definition) is 4. The van der Waals surface area contributed by atoms with Crippen molar-refractivity contribution in [3.8, 4) is 0 Å². The van der Waals surface area contributed by atoms with Gasteiger partial charge in [0.05, 0.1) is 17.8 Å². The van der Waals surface area contributed by atoms with Gasteiger partial charge < -0.3 is 15.3 Å². The van der Waals surface area contributed by atoms with E-state index in [-0.39, 0.29) is 12.1 Å². The number of nitrogens with one attached hydrogen (secondary N) is 1. The number of nitrogens with zero attached hydrogens (tertiary/aromatic N) is 1. The number of ketones is 1. The Bertz CT molecular complexity index is 658. The Balaban J connectivity index is 2.34. The number of carboxylic acid groups (broad SMARTS) is 1. The molecule has 0 radical (unpaired) electrons. The molecule has 1 aromatic carbocycles. The number of carboxylic acids is 1. The number of carbonyl (C=O) groups is 4. The predicted molar refractivity (Wildman–Crippen MR) is 76.1 cm³/mol. The minimum absolute atomic E-state index is 0.218. The summed E-state index contributed by atoms with van der Waals surface area (Å²) in [7, 11) is 0. The van der Waals surface area contributed by atoms with Gasteiger partial charge in [0.1, 0.15) is 6.04 Å². The number of aliphatic carboxylic acids is 1. The average Bonchev–Trinajstić information content (AvgIpc) is 2.62. The van der Waals surface area contributed by atoms with Gasteiger partial charge in [0.25, 0.3) is 11.7 Å². The molecule has 0 saturated heterocycles. The van der Waals surface area contributed by atoms with E-state index >= 15 is 0 Å². The molecule has 0 aliphatic carbocycles. The standard InChI is InChI=1S/C13H11BrN2O5/c1-6(17)15-9(13(20)21)5-16-10-4-7(14)2-3-8(10)11(18)12(16)19/h2-4,9H,5H2,1H3,(H,15,17)(H,20,21). The summed E-state index contributed by atoms with van der Waals surface area (Å²) in [5, 5.41) is 11.3. The summed E-state index contributed by atoms with van der Waals surface area (Å²) >= 11 is 3.23. The molecule has 1 aromatic rings. The average molecular weight is 355 g/mol. The number of carbonyl (C=O) groups excluding carboxylic acids is 3. The van der Waals surface area contributed by atoms with Crippen LogP contribution < -0.4 is 10.2 Å². The first kappa shape index (κ1) is 15.2. The number of rotatable bonds is 4. The summed E-state index contributed by atoms with van der Waals surface area (Å²) in [6.45, 7) is 0.861. The van der Waals surface area contributed by atoms with E-state index in [1.54, 1.807) is 12.1 Å². The van der Waals surface area contributed by atoms with E-state index in [1.165, 1.54) is 13.0 Å². The molecule has 1 aliphatic heterocycles. The molecule has 1 atom stereocenters. The summed E-state index contributed by atoms with van der Waals surface area (Å²) < 4.78 is 0.653. The fourth-order valence-corrected chi connectivity index (χ4v) is 2.41. The SMILES string of the molecule is CC(=O)NC(CN1C(=O)C(=O)c2ccc(Br)cc21)C(=O)O. The summed E-state index contributed by atoms with van der Waals surface area (Å²) in [5.74, 6) is -3.31. The van der Waals surface area contributed by atoms with Crippen LogP contribution in [0.2, 0.25) is 0 Å². The molecule has 0 fully saturated rings. The Kier molecular flexibility index (Phi) is 4.08. The van der Waals surface area contributed by atoms with Crippen molar-refractivity contribution in [3.63, 3.8) is 0 Å². The van der Waals surface area contributed by atoms with Crippen molar-refractivity contribution in [1.82, 2.24) is 5.32 Å². The van der Waals surface area contributed by atoms with Crippen molar-refractivity contribution in [2.24, 2.45) is 0 Å². The van der Waals surface area contributed by atoms with Gasteiger partial charge in [-0.25, -0.2) is 4.79 Å². The molecule has 7 nitrogen and oxygen atoms in total. The van der Waals surface area contributed by atoms with Crippen molar-refractivity contribution in [2.75, 3.05) is 11.4 Å². The highest BCUT2D eigenvalue weighted by Crippen LogP contribution is 2.31. The molecular formula is C13H11BrN2O5. The fraction of sp³-hybridized carbons (Fsp3) is 0.231. The largest absolute Gasteiger partial charge is 0.480 e. The van der Waals surface area contributed by atoms with Gasteiger partial charge in [-0.3, -0.25) is 14.4 Å². The van der Waals surface area contributed by atoms with Gasteiger partial charge in [0.15, 0.2) is 0 Å². The molecule has 21 heavy (non-hydrogen) atoms. The Morgan fingerprint density at radius 2 is 2.05 bits per heavy atom. The van der Waals surface area contributed by atoms with E-state index in [4.69, 9.17) is 5.11 Å². The maximum absolute atomic E-state index is 12.0. The highest BCUT2D eigenvalue weighted by molar-refractivity contribution is 9.10. The second kappa shape index (κ2) is 5.65. The van der Waals surface area contributed by atoms with E-state index < -0.39 is 29.6 Å². The van der Waals surface area contributed by atoms with E-state index in [2.05, 4.69) is 21.2 Å². The van der Waals surface area contributed by atoms with Crippen molar-refractivity contribution >= 4 is 45.2 Å². The summed E-state index contributed by atoms with van der Waals surface area (Å²) in [6, 6.07) is 3.39. The van der Waals surface area contributed by atoms with Crippen LogP contribution in [0, 0.1) is 0 Å². The summed E-state index contributed by atoms with van der Waals surface area (Å²) in [5.41, 5.74) is 0.547. The summed E-state index contributed by atoms with van der Waals surface area (Å²) in [4.78, 5) is 47.1. The number of anilines is 1. The predicted octanol–water partition coefficient (Wildman–Crippen LogP) is 0.568. The van der Waals surface area contributed by atoms with Crippen LogP contribution >= 0.6 is 15.9 Å². The van der Waals surface area contributed by atoms with Gasteiger partial charge in [-0.2, -0.15) is 0 Å². The number of fused-ring (bicyclic) bond motifs is 1. The first-order valence-electron chi connectivity index (χ1n) is 5.97. The maximum atomic E-state index is 12.0. The Labute approximate surface area is 128 Å². The molecule has 0 spiro atoms. The van der Waals surface area contributed by atoms with Gasteiger partial charge in [-0.1, -0.05) is 15.9 Å². The van der Waals surface area contributed by atoms with E-state index in [9.17, 15) is 19.2 Å². The molecule has 1 unspecified atom stereocenters. The molecule has 0 bridgehead atoms. The van der Waals surface area contributed by atoms with E-state index in [0.29, 0.717) is 10.2 Å². The number of amides is 2. The first-order chi connectivity index (χ1) is 9.81. The molecule has 8 heteroatoms.